The van der Waals surface area contributed by atoms with Gasteiger partial charge < -0.3 is 14.6 Å². The van der Waals surface area contributed by atoms with Gasteiger partial charge in [-0.05, 0) is 35.3 Å². The predicted octanol–water partition coefficient (Wildman–Crippen LogP) is 4.89. The first-order valence-corrected chi connectivity index (χ1v) is 9.82. The van der Waals surface area contributed by atoms with Crippen molar-refractivity contribution in [1.29, 1.82) is 0 Å². The molecule has 0 radical (unpaired) electrons. The zero-order chi connectivity index (χ0) is 22.1. The zero-order valence-electron chi connectivity index (χ0n) is 17.0. The molecule has 2 aromatic rings. The highest BCUT2D eigenvalue weighted by atomic mass is 35.5. The van der Waals surface area contributed by atoms with Gasteiger partial charge in [0, 0.05) is 12.3 Å². The monoisotopic (exact) mass is 429 g/mol. The lowest BCUT2D eigenvalue weighted by atomic mass is 10.00. The molecule has 2 unspecified atom stereocenters. The van der Waals surface area contributed by atoms with Gasteiger partial charge in [-0.3, -0.25) is 4.99 Å². The fourth-order valence-electron chi connectivity index (χ4n) is 2.62. The Morgan fingerprint density at radius 2 is 1.90 bits per heavy atom. The van der Waals surface area contributed by atoms with Gasteiger partial charge >= 0.3 is 11.9 Å². The molecule has 0 saturated carbocycles. The van der Waals surface area contributed by atoms with Crippen molar-refractivity contribution in [3.63, 3.8) is 0 Å². The topological polar surface area (TPSA) is 85.2 Å². The molecule has 2 atom stereocenters. The van der Waals surface area contributed by atoms with Crippen LogP contribution in [0.5, 0.6) is 11.5 Å². The standard InChI is InChI=1S/C23H24ClNO5/c1-4-15(2)21(23(27)28)25-14-17-12-18(24)22(19(13-17)29-3)30-20(26)11-10-16-8-6-5-7-9-16/h5-15,21H,4H2,1-3H3,(H,27,28)/b11-10+,25-14?. The number of hydrogen-bond donors (Lipinski definition) is 1. The average Bonchev–Trinajstić information content (AvgIpc) is 2.74. The third kappa shape index (κ3) is 6.46. The summed E-state index contributed by atoms with van der Waals surface area (Å²) >= 11 is 6.28. The number of ether oxygens (including phenoxy) is 2. The average molecular weight is 430 g/mol. The van der Waals surface area contributed by atoms with E-state index in [0.29, 0.717) is 12.0 Å². The van der Waals surface area contributed by atoms with E-state index < -0.39 is 18.0 Å². The molecule has 30 heavy (non-hydrogen) atoms. The number of carbonyl (C=O) groups excluding carboxylic acids is 1. The summed E-state index contributed by atoms with van der Waals surface area (Å²) < 4.78 is 10.6. The normalized spacial score (nSPS) is 13.3. The number of esters is 1. The molecular formula is C23H24ClNO5. The summed E-state index contributed by atoms with van der Waals surface area (Å²) in [6.45, 7) is 3.74. The number of carboxylic acid groups (broad SMARTS) is 1. The van der Waals surface area contributed by atoms with E-state index in [1.165, 1.54) is 25.5 Å². The lowest BCUT2D eigenvalue weighted by Gasteiger charge is -2.14. The number of aliphatic carboxylic acids is 1. The van der Waals surface area contributed by atoms with Crippen LogP contribution in [0.4, 0.5) is 0 Å². The molecule has 2 aromatic carbocycles. The second kappa shape index (κ2) is 11.2. The van der Waals surface area contributed by atoms with Crippen LogP contribution in [0.2, 0.25) is 5.02 Å². The van der Waals surface area contributed by atoms with Crippen LogP contribution in [-0.2, 0) is 9.59 Å². The number of nitrogens with zero attached hydrogens (tertiary/aromatic N) is 1. The lowest BCUT2D eigenvalue weighted by Crippen LogP contribution is -2.25. The van der Waals surface area contributed by atoms with Crippen LogP contribution < -0.4 is 9.47 Å². The van der Waals surface area contributed by atoms with Crippen LogP contribution in [0.25, 0.3) is 6.08 Å². The van der Waals surface area contributed by atoms with E-state index in [-0.39, 0.29) is 22.4 Å². The molecule has 0 bridgehead atoms. The van der Waals surface area contributed by atoms with Gasteiger partial charge in [-0.2, -0.15) is 0 Å². The molecule has 0 aliphatic carbocycles. The van der Waals surface area contributed by atoms with Gasteiger partial charge in [-0.25, -0.2) is 9.59 Å². The Balaban J connectivity index is 2.21. The van der Waals surface area contributed by atoms with Crippen molar-refractivity contribution in [2.24, 2.45) is 10.9 Å². The Morgan fingerprint density at radius 1 is 1.20 bits per heavy atom. The van der Waals surface area contributed by atoms with Gasteiger partial charge in [0.2, 0.25) is 0 Å². The molecule has 1 N–H and O–H groups in total. The van der Waals surface area contributed by atoms with Crippen molar-refractivity contribution in [2.45, 2.75) is 26.3 Å². The van der Waals surface area contributed by atoms with Crippen molar-refractivity contribution in [3.05, 3.63) is 64.7 Å². The van der Waals surface area contributed by atoms with E-state index in [2.05, 4.69) is 4.99 Å². The minimum absolute atomic E-state index is 0.0794. The van der Waals surface area contributed by atoms with E-state index in [0.717, 1.165) is 5.56 Å². The highest BCUT2D eigenvalue weighted by molar-refractivity contribution is 6.32. The maximum absolute atomic E-state index is 12.2. The number of aliphatic imine (C=N–C) groups is 1. The largest absolute Gasteiger partial charge is 0.493 e. The molecule has 0 heterocycles. The molecule has 7 heteroatoms. The molecule has 0 amide bonds. The summed E-state index contributed by atoms with van der Waals surface area (Å²) in [6, 6.07) is 11.6. The fourth-order valence-corrected chi connectivity index (χ4v) is 2.88. The SMILES string of the molecule is CCC(C)C(N=Cc1cc(Cl)c(OC(=O)/C=C/c2ccccc2)c(OC)c1)C(=O)O. The van der Waals surface area contributed by atoms with E-state index in [1.54, 1.807) is 12.1 Å². The van der Waals surface area contributed by atoms with Crippen molar-refractivity contribution >= 4 is 35.8 Å². The van der Waals surface area contributed by atoms with Crippen molar-refractivity contribution < 1.29 is 24.2 Å². The van der Waals surface area contributed by atoms with Crippen LogP contribution in [-0.4, -0.2) is 36.4 Å². The quantitative estimate of drug-likeness (QED) is 0.265. The highest BCUT2D eigenvalue weighted by Crippen LogP contribution is 2.36. The Bertz CT molecular complexity index is 940. The summed E-state index contributed by atoms with van der Waals surface area (Å²) in [5.41, 5.74) is 1.39. The Hall–Kier alpha value is -3.12. The molecule has 0 aromatic heterocycles. The van der Waals surface area contributed by atoms with Crippen LogP contribution in [0, 0.1) is 5.92 Å². The van der Waals surface area contributed by atoms with Gasteiger partial charge in [0.05, 0.1) is 12.1 Å². The van der Waals surface area contributed by atoms with Gasteiger partial charge in [0.1, 0.15) is 6.04 Å². The van der Waals surface area contributed by atoms with Gasteiger partial charge in [-0.15, -0.1) is 0 Å². The number of carbonyl (C=O) groups is 2. The first kappa shape index (κ1) is 23.2. The number of hydrogen-bond acceptors (Lipinski definition) is 5. The number of benzene rings is 2. The zero-order valence-corrected chi connectivity index (χ0v) is 17.8. The Morgan fingerprint density at radius 3 is 2.50 bits per heavy atom. The molecule has 0 aliphatic heterocycles. The fraction of sp³-hybridized carbons (Fsp3) is 0.261. The van der Waals surface area contributed by atoms with Crippen LogP contribution in [0.15, 0.2) is 53.5 Å². The smallest absolute Gasteiger partial charge is 0.336 e. The van der Waals surface area contributed by atoms with Crippen LogP contribution in [0.3, 0.4) is 0 Å². The molecule has 0 aliphatic rings. The molecule has 0 spiro atoms. The molecular weight excluding hydrogens is 406 g/mol. The minimum Gasteiger partial charge on any atom is -0.493 e. The summed E-state index contributed by atoms with van der Waals surface area (Å²) in [5, 5.41) is 9.50. The third-order valence-electron chi connectivity index (χ3n) is 4.49. The molecule has 0 fully saturated rings. The maximum atomic E-state index is 12.2. The summed E-state index contributed by atoms with van der Waals surface area (Å²) in [6.07, 6.45) is 5.04. The first-order valence-electron chi connectivity index (χ1n) is 9.44. The predicted molar refractivity (Wildman–Crippen MR) is 118 cm³/mol. The maximum Gasteiger partial charge on any atom is 0.336 e. The van der Waals surface area contributed by atoms with Gasteiger partial charge in [-0.1, -0.05) is 62.2 Å². The van der Waals surface area contributed by atoms with E-state index in [1.807, 2.05) is 44.2 Å². The molecule has 2 rings (SSSR count). The van der Waals surface area contributed by atoms with E-state index >= 15 is 0 Å². The molecule has 6 nitrogen and oxygen atoms in total. The summed E-state index contributed by atoms with van der Waals surface area (Å²) in [7, 11) is 1.42. The van der Waals surface area contributed by atoms with Crippen molar-refractivity contribution in [1.82, 2.24) is 0 Å². The van der Waals surface area contributed by atoms with E-state index in [9.17, 15) is 14.7 Å². The third-order valence-corrected chi connectivity index (χ3v) is 4.77. The molecule has 0 saturated heterocycles. The second-order valence-corrected chi connectivity index (χ2v) is 7.05. The number of halogens is 1. The lowest BCUT2D eigenvalue weighted by molar-refractivity contribution is -0.139. The second-order valence-electron chi connectivity index (χ2n) is 6.65. The minimum atomic E-state index is -0.991. The summed E-state index contributed by atoms with van der Waals surface area (Å²) in [5.74, 6) is -1.40. The molecule has 158 valence electrons. The Kier molecular flexibility index (Phi) is 8.62. The Labute approximate surface area is 180 Å². The number of carboxylic acids is 1. The van der Waals surface area contributed by atoms with E-state index in [4.69, 9.17) is 21.1 Å². The summed E-state index contributed by atoms with van der Waals surface area (Å²) in [4.78, 5) is 27.8. The van der Waals surface area contributed by atoms with Gasteiger partial charge in [0.25, 0.3) is 0 Å². The highest BCUT2D eigenvalue weighted by Gasteiger charge is 2.22. The first-order chi connectivity index (χ1) is 14.3. The van der Waals surface area contributed by atoms with Crippen LogP contribution >= 0.6 is 11.6 Å². The van der Waals surface area contributed by atoms with Crippen LogP contribution in [0.1, 0.15) is 31.4 Å². The van der Waals surface area contributed by atoms with Crippen molar-refractivity contribution in [3.8, 4) is 11.5 Å². The number of rotatable bonds is 9. The van der Waals surface area contributed by atoms with Crippen molar-refractivity contribution in [2.75, 3.05) is 7.11 Å². The number of methoxy groups -OCH3 is 1. The van der Waals surface area contributed by atoms with Gasteiger partial charge in [0.15, 0.2) is 11.5 Å².